The van der Waals surface area contributed by atoms with Crippen molar-refractivity contribution in [3.8, 4) is 5.75 Å². The van der Waals surface area contributed by atoms with Crippen LogP contribution in [0.1, 0.15) is 55.1 Å². The molecule has 39 heavy (non-hydrogen) atoms. The van der Waals surface area contributed by atoms with E-state index in [1.54, 1.807) is 6.07 Å². The first-order chi connectivity index (χ1) is 18.8. The van der Waals surface area contributed by atoms with Crippen LogP contribution in [0.5, 0.6) is 5.75 Å². The van der Waals surface area contributed by atoms with Crippen molar-refractivity contribution in [1.29, 1.82) is 5.41 Å². The first-order valence-corrected chi connectivity index (χ1v) is 13.5. The zero-order valence-corrected chi connectivity index (χ0v) is 22.6. The summed E-state index contributed by atoms with van der Waals surface area (Å²) in [5.41, 5.74) is 12.7. The summed E-state index contributed by atoms with van der Waals surface area (Å²) in [5, 5.41) is 15.3. The monoisotopic (exact) mass is 534 g/mol. The second-order valence-corrected chi connectivity index (χ2v) is 9.89. The molecule has 1 aliphatic heterocycles. The van der Waals surface area contributed by atoms with Gasteiger partial charge in [0.1, 0.15) is 17.4 Å². The molecule has 1 fully saturated rings. The van der Waals surface area contributed by atoms with Gasteiger partial charge in [-0.15, -0.1) is 0 Å². The minimum atomic E-state index is -0.558. The van der Waals surface area contributed by atoms with Crippen molar-refractivity contribution in [1.82, 2.24) is 31.0 Å². The summed E-state index contributed by atoms with van der Waals surface area (Å²) < 4.78 is 5.78. The number of H-pyrrole nitrogens is 1. The van der Waals surface area contributed by atoms with Crippen LogP contribution in [-0.4, -0.2) is 58.6 Å². The number of benzene rings is 2. The number of aromatic nitrogens is 2. The molecule has 0 atom stereocenters. The minimum absolute atomic E-state index is 0.0356. The Morgan fingerprint density at radius 3 is 2.59 bits per heavy atom. The quantitative estimate of drug-likeness (QED) is 0.133. The fourth-order valence-corrected chi connectivity index (χ4v) is 4.70. The van der Waals surface area contributed by atoms with Crippen molar-refractivity contribution in [2.45, 2.75) is 58.4 Å². The molecule has 3 aromatic rings. The van der Waals surface area contributed by atoms with Gasteiger partial charge in [0.05, 0.1) is 11.0 Å². The molecule has 3 amide bonds. The van der Waals surface area contributed by atoms with E-state index < -0.39 is 6.09 Å². The third kappa shape index (κ3) is 7.70. The number of hydrazine groups is 1. The van der Waals surface area contributed by atoms with Gasteiger partial charge < -0.3 is 26.1 Å². The number of fused-ring (bicyclic) bond motifs is 1. The van der Waals surface area contributed by atoms with E-state index in [0.29, 0.717) is 43.8 Å². The number of unbranched alkanes of at least 4 members (excludes halogenated alkanes) is 1. The third-order valence-electron chi connectivity index (χ3n) is 6.86. The zero-order valence-electron chi connectivity index (χ0n) is 22.6. The number of aromatic amines is 1. The molecule has 0 radical (unpaired) electrons. The highest BCUT2D eigenvalue weighted by Crippen LogP contribution is 2.28. The summed E-state index contributed by atoms with van der Waals surface area (Å²) in [7, 11) is 0. The van der Waals surface area contributed by atoms with Crippen LogP contribution in [0.25, 0.3) is 11.0 Å². The minimum Gasteiger partial charge on any atom is -0.409 e. The van der Waals surface area contributed by atoms with Crippen molar-refractivity contribution < 1.29 is 14.3 Å². The van der Waals surface area contributed by atoms with Crippen LogP contribution in [0.15, 0.2) is 36.4 Å². The zero-order chi connectivity index (χ0) is 27.8. The van der Waals surface area contributed by atoms with Crippen LogP contribution in [0, 0.1) is 12.3 Å². The number of amidine groups is 1. The molecule has 0 spiro atoms. The van der Waals surface area contributed by atoms with Crippen LogP contribution in [0.4, 0.5) is 9.59 Å². The van der Waals surface area contributed by atoms with Gasteiger partial charge in [-0.25, -0.2) is 19.6 Å². The fraction of sp³-hybridized carbons (Fsp3) is 0.429. The number of amides is 3. The molecule has 208 valence electrons. The average Bonchev–Trinajstić information content (AvgIpc) is 3.30. The Labute approximate surface area is 228 Å². The van der Waals surface area contributed by atoms with E-state index in [-0.39, 0.29) is 17.9 Å². The smallest absolute Gasteiger partial charge is 0.409 e. The van der Waals surface area contributed by atoms with E-state index in [0.717, 1.165) is 53.7 Å². The van der Waals surface area contributed by atoms with E-state index in [4.69, 9.17) is 15.9 Å². The van der Waals surface area contributed by atoms with Crippen LogP contribution in [-0.2, 0) is 12.8 Å². The largest absolute Gasteiger partial charge is 0.427 e. The Kier molecular flexibility index (Phi) is 9.37. The molecule has 0 bridgehead atoms. The maximum atomic E-state index is 12.8. The lowest BCUT2D eigenvalue weighted by Crippen LogP contribution is -2.53. The van der Waals surface area contributed by atoms with Gasteiger partial charge in [0, 0.05) is 36.8 Å². The van der Waals surface area contributed by atoms with Crippen LogP contribution < -0.4 is 26.5 Å². The Hall–Kier alpha value is -4.12. The number of urea groups is 1. The number of imidazole rings is 1. The maximum absolute atomic E-state index is 12.8. The number of hydrogen-bond donors (Lipinski definition) is 6. The molecule has 4 rings (SSSR count). The number of piperidine rings is 1. The van der Waals surface area contributed by atoms with E-state index in [2.05, 4.69) is 33.0 Å². The summed E-state index contributed by atoms with van der Waals surface area (Å²) in [6.07, 6.45) is 4.21. The Balaban J connectivity index is 1.35. The summed E-state index contributed by atoms with van der Waals surface area (Å²) in [4.78, 5) is 32.7. The Bertz CT molecular complexity index is 1300. The molecule has 0 saturated carbocycles. The summed E-state index contributed by atoms with van der Waals surface area (Å²) >= 11 is 0. The molecule has 2 heterocycles. The van der Waals surface area contributed by atoms with Crippen LogP contribution in [0.2, 0.25) is 0 Å². The molecule has 11 heteroatoms. The molecule has 1 aromatic heterocycles. The number of carbonyl (C=O) groups excluding carboxylic acids is 2. The molecular weight excluding hydrogens is 496 g/mol. The number of hydrogen-bond acceptors (Lipinski definition) is 6. The normalized spacial score (nSPS) is 14.2. The molecule has 0 unspecified atom stereocenters. The van der Waals surface area contributed by atoms with Crippen molar-refractivity contribution in [2.75, 3.05) is 19.6 Å². The molecule has 1 aliphatic rings. The number of rotatable bonds is 10. The first kappa shape index (κ1) is 27.9. The van der Waals surface area contributed by atoms with Gasteiger partial charge in [-0.1, -0.05) is 37.6 Å². The lowest BCUT2D eigenvalue weighted by atomic mass is 10.0. The predicted octanol–water partition coefficient (Wildman–Crippen LogP) is 3.51. The highest BCUT2D eigenvalue weighted by molar-refractivity contribution is 5.94. The average molecular weight is 535 g/mol. The number of nitrogens with zero attached hydrogens (tertiary/aromatic N) is 2. The molecule has 7 N–H and O–H groups in total. The Morgan fingerprint density at radius 1 is 1.15 bits per heavy atom. The topological polar surface area (TPSA) is 161 Å². The standard InChI is InChI=1S/C28H38N8O3/c1-3-4-15-31-27(37)34-21-13-16-36(17-14-21)35-28(38)39-24-12-11-23-25(33-18(2)32-23)22(24)10-7-19-5-8-20(9-6-19)26(29)30/h5-6,8-9,11-12,21H,3-4,7,10,13-17H2,1-2H3,(H3,29,30)(H,32,33)(H,35,38)(H2,31,34,37). The summed E-state index contributed by atoms with van der Waals surface area (Å²) in [5.74, 6) is 1.29. The Morgan fingerprint density at radius 2 is 1.90 bits per heavy atom. The summed E-state index contributed by atoms with van der Waals surface area (Å²) in [6, 6.07) is 11.2. The SMILES string of the molecule is CCCCNC(=O)NC1CCN(NC(=O)Oc2ccc3[nH]c(C)nc3c2CCc2ccc(C(=N)N)cc2)CC1. The van der Waals surface area contributed by atoms with Crippen molar-refractivity contribution in [3.05, 3.63) is 58.9 Å². The lowest BCUT2D eigenvalue weighted by Gasteiger charge is -2.32. The molecule has 1 saturated heterocycles. The van der Waals surface area contributed by atoms with Gasteiger partial charge in [-0.3, -0.25) is 10.8 Å². The molecule has 2 aromatic carbocycles. The van der Waals surface area contributed by atoms with Crippen molar-refractivity contribution in [2.24, 2.45) is 5.73 Å². The third-order valence-corrected chi connectivity index (χ3v) is 6.86. The van der Waals surface area contributed by atoms with Gasteiger partial charge >= 0.3 is 12.1 Å². The van der Waals surface area contributed by atoms with E-state index in [1.165, 1.54) is 0 Å². The van der Waals surface area contributed by atoms with Gasteiger partial charge in [0.2, 0.25) is 0 Å². The van der Waals surface area contributed by atoms with Crippen LogP contribution >= 0.6 is 0 Å². The van der Waals surface area contributed by atoms with Gasteiger partial charge in [-0.2, -0.15) is 0 Å². The lowest BCUT2D eigenvalue weighted by molar-refractivity contribution is 0.118. The molecule has 11 nitrogen and oxygen atoms in total. The number of nitrogens with two attached hydrogens (primary N) is 1. The second kappa shape index (κ2) is 13.1. The predicted molar refractivity (Wildman–Crippen MR) is 151 cm³/mol. The maximum Gasteiger partial charge on any atom is 0.427 e. The number of ether oxygens (including phenoxy) is 1. The van der Waals surface area contributed by atoms with Crippen LogP contribution in [0.3, 0.4) is 0 Å². The van der Waals surface area contributed by atoms with E-state index >= 15 is 0 Å². The number of nitrogens with one attached hydrogen (secondary N) is 5. The van der Waals surface area contributed by atoms with E-state index in [1.807, 2.05) is 42.3 Å². The highest BCUT2D eigenvalue weighted by Gasteiger charge is 2.23. The highest BCUT2D eigenvalue weighted by atomic mass is 16.6. The van der Waals surface area contributed by atoms with Gasteiger partial charge in [-0.05, 0) is 56.7 Å². The number of carbonyl (C=O) groups is 2. The van der Waals surface area contributed by atoms with Crippen molar-refractivity contribution >= 4 is 29.0 Å². The van der Waals surface area contributed by atoms with E-state index in [9.17, 15) is 9.59 Å². The molecule has 0 aliphatic carbocycles. The summed E-state index contributed by atoms with van der Waals surface area (Å²) in [6.45, 7) is 5.87. The van der Waals surface area contributed by atoms with Gasteiger partial charge in [0.15, 0.2) is 0 Å². The fourth-order valence-electron chi connectivity index (χ4n) is 4.70. The number of aryl methyl sites for hydroxylation is 3. The molecular formula is C28H38N8O3. The second-order valence-electron chi connectivity index (χ2n) is 9.89. The van der Waals surface area contributed by atoms with Crippen molar-refractivity contribution in [3.63, 3.8) is 0 Å². The van der Waals surface area contributed by atoms with Gasteiger partial charge in [0.25, 0.3) is 0 Å². The first-order valence-electron chi connectivity index (χ1n) is 13.5. The number of nitrogen functional groups attached to an aromatic ring is 1.